The second-order valence-electron chi connectivity index (χ2n) is 14.5. The van der Waals surface area contributed by atoms with Crippen LogP contribution in [0.1, 0.15) is 22.8 Å². The Morgan fingerprint density at radius 1 is 0.406 bits per heavy atom. The van der Waals surface area contributed by atoms with E-state index in [-0.39, 0.29) is 11.2 Å². The van der Waals surface area contributed by atoms with E-state index in [2.05, 4.69) is 4.98 Å². The van der Waals surface area contributed by atoms with E-state index in [1.165, 1.54) is 97.1 Å². The molecule has 20 heteroatoms. The summed E-state index contributed by atoms with van der Waals surface area (Å²) in [5.74, 6) is 0. The Balaban J connectivity index is 1.59. The van der Waals surface area contributed by atoms with Gasteiger partial charge in [-0.15, -0.1) is 0 Å². The van der Waals surface area contributed by atoms with E-state index in [0.717, 1.165) is 5.52 Å². The molecular formula is C44H30N4O12S4. The maximum Gasteiger partial charge on any atom is 0.294 e. The van der Waals surface area contributed by atoms with Gasteiger partial charge in [0.05, 0.1) is 53.4 Å². The fourth-order valence-corrected chi connectivity index (χ4v) is 9.49. The number of aromatic nitrogens is 4. The molecule has 0 radical (unpaired) electrons. The summed E-state index contributed by atoms with van der Waals surface area (Å²) in [7, 11) is -18.7. The molecule has 0 unspecified atom stereocenters. The number of aromatic amines is 1. The van der Waals surface area contributed by atoms with Crippen LogP contribution in [0.15, 0.2) is 147 Å². The smallest absolute Gasteiger partial charge is 0.294 e. The highest BCUT2D eigenvalue weighted by Gasteiger charge is 2.27. The zero-order valence-corrected chi connectivity index (χ0v) is 35.7. The van der Waals surface area contributed by atoms with Crippen molar-refractivity contribution in [1.29, 1.82) is 0 Å². The van der Waals surface area contributed by atoms with E-state index in [4.69, 9.17) is 9.97 Å². The number of benzene rings is 4. The largest absolute Gasteiger partial charge is 0.355 e. The van der Waals surface area contributed by atoms with E-state index in [1.807, 2.05) is 18.2 Å². The van der Waals surface area contributed by atoms with Crippen molar-refractivity contribution in [2.24, 2.45) is 0 Å². The fourth-order valence-electron chi connectivity index (χ4n) is 7.57. The first-order valence-electron chi connectivity index (χ1n) is 18.7. The predicted octanol–water partition coefficient (Wildman–Crippen LogP) is 8.11. The molecule has 64 heavy (non-hydrogen) atoms. The van der Waals surface area contributed by atoms with Crippen LogP contribution in [0.25, 0.3) is 85.4 Å². The molecule has 7 aromatic rings. The summed E-state index contributed by atoms with van der Waals surface area (Å²) in [6.45, 7) is 0. The molecule has 3 aromatic heterocycles. The van der Waals surface area contributed by atoms with Crippen LogP contribution in [-0.2, 0) is 40.5 Å². The van der Waals surface area contributed by atoms with Crippen molar-refractivity contribution in [2.75, 3.05) is 0 Å². The molecule has 2 aliphatic rings. The summed E-state index contributed by atoms with van der Waals surface area (Å²) in [6, 6.07) is 30.0. The maximum atomic E-state index is 12.3. The zero-order chi connectivity index (χ0) is 45.3. The van der Waals surface area contributed by atoms with Gasteiger partial charge in [-0.1, -0.05) is 36.4 Å². The third-order valence-electron chi connectivity index (χ3n) is 10.4. The lowest BCUT2D eigenvalue weighted by Crippen LogP contribution is -2.01. The lowest BCUT2D eigenvalue weighted by Gasteiger charge is -2.14. The Morgan fingerprint density at radius 3 is 1.23 bits per heavy atom. The highest BCUT2D eigenvalue weighted by atomic mass is 32.2. The Morgan fingerprint density at radius 2 is 0.781 bits per heavy atom. The van der Waals surface area contributed by atoms with Crippen LogP contribution in [0, 0.1) is 0 Å². The minimum absolute atomic E-state index is 0.274. The number of rotatable bonds is 8. The average molecular weight is 935 g/mol. The molecule has 5 heterocycles. The molecule has 0 fully saturated rings. The third-order valence-corrected chi connectivity index (χ3v) is 13.9. The van der Waals surface area contributed by atoms with Gasteiger partial charge < -0.3 is 9.55 Å². The minimum atomic E-state index is -4.69. The van der Waals surface area contributed by atoms with Crippen molar-refractivity contribution in [3.05, 3.63) is 150 Å². The molecule has 0 saturated carbocycles. The van der Waals surface area contributed by atoms with E-state index >= 15 is 0 Å². The van der Waals surface area contributed by atoms with E-state index in [0.29, 0.717) is 67.2 Å². The van der Waals surface area contributed by atoms with Gasteiger partial charge >= 0.3 is 0 Å². The first kappa shape index (κ1) is 42.4. The van der Waals surface area contributed by atoms with Gasteiger partial charge in [0, 0.05) is 33.4 Å². The Labute approximate surface area is 365 Å². The van der Waals surface area contributed by atoms with Gasteiger partial charge in [-0.3, -0.25) is 18.2 Å². The zero-order valence-electron chi connectivity index (χ0n) is 32.5. The van der Waals surface area contributed by atoms with Crippen molar-refractivity contribution < 1.29 is 51.9 Å². The first-order valence-corrected chi connectivity index (χ1v) is 24.5. The Hall–Kier alpha value is -6.88. The predicted molar refractivity (Wildman–Crippen MR) is 239 cm³/mol. The maximum absolute atomic E-state index is 12.3. The molecular weight excluding hydrogens is 905 g/mol. The molecule has 9 rings (SSSR count). The summed E-state index contributed by atoms with van der Waals surface area (Å²) < 4.78 is 140. The molecule has 16 nitrogen and oxygen atoms in total. The number of nitrogens with one attached hydrogen (secondary N) is 1. The highest BCUT2D eigenvalue weighted by Crippen LogP contribution is 2.47. The second kappa shape index (κ2) is 15.4. The van der Waals surface area contributed by atoms with Crippen LogP contribution in [0.5, 0.6) is 0 Å². The Kier molecular flexibility index (Phi) is 10.2. The van der Waals surface area contributed by atoms with Gasteiger partial charge in [0.25, 0.3) is 40.5 Å². The van der Waals surface area contributed by atoms with Crippen molar-refractivity contribution in [3.63, 3.8) is 0 Å². The number of H-pyrrole nitrogens is 1. The van der Waals surface area contributed by atoms with Crippen molar-refractivity contribution in [3.8, 4) is 39.1 Å². The molecule has 0 aliphatic carbocycles. The van der Waals surface area contributed by atoms with Crippen LogP contribution >= 0.6 is 0 Å². The van der Waals surface area contributed by atoms with Crippen LogP contribution in [0.2, 0.25) is 0 Å². The van der Waals surface area contributed by atoms with E-state index < -0.39 is 60.1 Å². The lowest BCUT2D eigenvalue weighted by molar-refractivity contribution is 0.481. The molecule has 322 valence electrons. The highest BCUT2D eigenvalue weighted by molar-refractivity contribution is 7.86. The van der Waals surface area contributed by atoms with Gasteiger partial charge in [0.2, 0.25) is 0 Å². The van der Waals surface area contributed by atoms with E-state index in [9.17, 15) is 51.9 Å². The van der Waals surface area contributed by atoms with Gasteiger partial charge in [-0.25, -0.2) is 9.97 Å². The molecule has 0 saturated heterocycles. The summed E-state index contributed by atoms with van der Waals surface area (Å²) in [5.41, 5.74) is 6.08. The first-order chi connectivity index (χ1) is 30.2. The molecule has 4 aromatic carbocycles. The third kappa shape index (κ3) is 8.22. The fraction of sp³-hybridized carbons (Fsp3) is 0. The summed E-state index contributed by atoms with van der Waals surface area (Å²) >= 11 is 0. The van der Waals surface area contributed by atoms with Crippen LogP contribution in [-0.4, -0.2) is 71.4 Å². The number of fused-ring (bicyclic) bond motifs is 8. The monoisotopic (exact) mass is 934 g/mol. The summed E-state index contributed by atoms with van der Waals surface area (Å²) in [4.78, 5) is 11.5. The van der Waals surface area contributed by atoms with Gasteiger partial charge in [0.15, 0.2) is 0 Å². The van der Waals surface area contributed by atoms with Gasteiger partial charge in [0.1, 0.15) is 0 Å². The Bertz CT molecular complexity index is 3790. The lowest BCUT2D eigenvalue weighted by atomic mass is 9.93. The number of hydrogen-bond donors (Lipinski definition) is 5. The molecule has 8 bridgehead atoms. The SMILES string of the molecule is O=S(=O)(O)c1ccc(-c2c(-c3ccc(S(=O)(=O)O)cc3)c3c(-c4ccc(S(=O)(=O)O)cc4)c4nc(cc5ccc(cc6nc(cc2n3-c2ccc(S(=O)(=O)O)cc2)C=C6)[nH]5)C=C4)cc1. The number of hydrogen-bond acceptors (Lipinski definition) is 10. The normalized spacial score (nSPS) is 13.1. The average Bonchev–Trinajstić information content (AvgIpc) is 4.05. The molecule has 0 atom stereocenters. The van der Waals surface area contributed by atoms with Gasteiger partial charge in [-0.2, -0.15) is 33.7 Å². The molecule has 5 N–H and O–H groups in total. The quantitative estimate of drug-likeness (QED) is 0.0902. The van der Waals surface area contributed by atoms with Crippen molar-refractivity contribution >= 4 is 86.8 Å². The van der Waals surface area contributed by atoms with Crippen molar-refractivity contribution in [1.82, 2.24) is 19.5 Å². The van der Waals surface area contributed by atoms with Crippen LogP contribution < -0.4 is 0 Å². The molecule has 0 amide bonds. The second-order valence-corrected chi connectivity index (χ2v) is 20.2. The summed E-state index contributed by atoms with van der Waals surface area (Å²) in [6.07, 6.45) is 6.97. The van der Waals surface area contributed by atoms with Crippen molar-refractivity contribution in [2.45, 2.75) is 19.6 Å². The standard InChI is InChI=1S/C44H30N4O12S4/c49-61(50,51)35-14-1-26(2-15-35)41-39-22-11-32(47-39)24-31-8-7-29(45-31)23-30-9-10-33(46-30)25-40-42(27-3-16-36(17-4-27)62(52,53)54)43(28-5-18-37(19-6-28)63(55,56)57)44(41)48(40)34-12-20-38(21-13-34)64(58,59)60/h1-25,45H,(H,49,50,51)(H,52,53,54)(H,55,56,57)(H,58,59,60). The van der Waals surface area contributed by atoms with Crippen LogP contribution in [0.3, 0.4) is 0 Å². The molecule has 0 spiro atoms. The summed E-state index contributed by atoms with van der Waals surface area (Å²) in [5, 5.41) is 0. The molecule has 2 aliphatic heterocycles. The van der Waals surface area contributed by atoms with Crippen LogP contribution in [0.4, 0.5) is 0 Å². The topological polar surface area (TPSA) is 264 Å². The number of nitrogens with zero attached hydrogens (tertiary/aromatic N) is 3. The minimum Gasteiger partial charge on any atom is -0.355 e. The van der Waals surface area contributed by atoms with E-state index in [1.54, 1.807) is 41.0 Å². The van der Waals surface area contributed by atoms with Gasteiger partial charge in [-0.05, 0) is 132 Å².